The highest BCUT2D eigenvalue weighted by Gasteiger charge is 2.65. The number of esters is 1. The summed E-state index contributed by atoms with van der Waals surface area (Å²) in [6.07, 6.45) is 1.01. The Morgan fingerprint density at radius 2 is 1.94 bits per heavy atom. The summed E-state index contributed by atoms with van der Waals surface area (Å²) in [5, 5.41) is 8.36. The van der Waals surface area contributed by atoms with E-state index in [9.17, 15) is 23.9 Å². The van der Waals surface area contributed by atoms with Crippen LogP contribution >= 0.6 is 15.0 Å². The molecule has 11 heteroatoms. The number of carbonyl (C=O) groups is 1. The van der Waals surface area contributed by atoms with Gasteiger partial charge in [-0.25, -0.2) is 0 Å². The molecule has 2 N–H and O–H groups in total. The van der Waals surface area contributed by atoms with Gasteiger partial charge in [-0.05, 0) is 23.6 Å². The molecule has 1 aliphatic rings. The average molecular weight is 469 g/mol. The van der Waals surface area contributed by atoms with Crippen molar-refractivity contribution >= 4 is 20.9 Å². The van der Waals surface area contributed by atoms with Crippen LogP contribution in [-0.4, -0.2) is 32.7 Å². The van der Waals surface area contributed by atoms with Crippen molar-refractivity contribution in [2.45, 2.75) is 38.1 Å². The van der Waals surface area contributed by atoms with Gasteiger partial charge in [0.25, 0.3) is 0 Å². The Morgan fingerprint density at radius 1 is 1.23 bits per heavy atom. The molecule has 0 amide bonds. The summed E-state index contributed by atoms with van der Waals surface area (Å²) in [5.41, 5.74) is 0.495. The maximum Gasteiger partial charge on any atom is 0.372 e. The molecule has 1 aromatic heterocycles. The van der Waals surface area contributed by atoms with E-state index in [0.717, 1.165) is 6.66 Å². The zero-order valence-corrected chi connectivity index (χ0v) is 19.2. The summed E-state index contributed by atoms with van der Waals surface area (Å²) in [6, 6.07) is 9.28. The molecular weight excluding hydrogens is 444 g/mol. The van der Waals surface area contributed by atoms with Crippen molar-refractivity contribution < 1.29 is 37.7 Å². The molecule has 0 radical (unpaired) electrons. The molecule has 4 unspecified atom stereocenters. The van der Waals surface area contributed by atoms with Gasteiger partial charge < -0.3 is 14.7 Å². The molecule has 1 fully saturated rings. The van der Waals surface area contributed by atoms with Gasteiger partial charge in [-0.3, -0.25) is 28.0 Å². The van der Waals surface area contributed by atoms with Gasteiger partial charge in [0.05, 0.1) is 5.56 Å². The monoisotopic (exact) mass is 469 g/mol. The summed E-state index contributed by atoms with van der Waals surface area (Å²) in [4.78, 5) is 26.6. The van der Waals surface area contributed by atoms with Crippen molar-refractivity contribution in [2.24, 2.45) is 5.92 Å². The summed E-state index contributed by atoms with van der Waals surface area (Å²) in [7, 11) is -9.04. The van der Waals surface area contributed by atoms with Gasteiger partial charge in [-0.15, -0.1) is 0 Å². The Morgan fingerprint density at radius 3 is 2.55 bits per heavy atom. The van der Waals surface area contributed by atoms with E-state index in [1.54, 1.807) is 24.3 Å². The zero-order valence-electron chi connectivity index (χ0n) is 17.4. The van der Waals surface area contributed by atoms with E-state index in [-0.39, 0.29) is 23.7 Å². The second kappa shape index (κ2) is 8.94. The van der Waals surface area contributed by atoms with Gasteiger partial charge in [0.2, 0.25) is 18.7 Å². The molecule has 2 aromatic rings. The second-order valence-electron chi connectivity index (χ2n) is 7.83. The molecule has 4 atom stereocenters. The minimum absolute atomic E-state index is 0.0517. The summed E-state index contributed by atoms with van der Waals surface area (Å²) in [5.74, 6) is -0.383. The van der Waals surface area contributed by atoms with Crippen LogP contribution in [-0.2, 0) is 29.4 Å². The number of hydrogen-bond acceptors (Lipinski definition) is 8. The lowest BCUT2D eigenvalue weighted by Crippen LogP contribution is -2.37. The van der Waals surface area contributed by atoms with Crippen LogP contribution < -0.4 is 4.74 Å². The Bertz CT molecular complexity index is 1020. The van der Waals surface area contributed by atoms with E-state index >= 15 is 0 Å². The first-order valence-electron chi connectivity index (χ1n) is 9.63. The fourth-order valence-electron chi connectivity index (χ4n) is 3.13. The lowest BCUT2D eigenvalue weighted by atomic mass is 10.1. The van der Waals surface area contributed by atoms with E-state index in [2.05, 4.69) is 4.98 Å². The van der Waals surface area contributed by atoms with Crippen LogP contribution in [0, 0.1) is 5.92 Å². The number of aliphatic hydroxyl groups is 1. The summed E-state index contributed by atoms with van der Waals surface area (Å²) < 4.78 is 42.6. The molecule has 0 spiro atoms. The molecule has 0 saturated carbocycles. The molecular formula is C20H25NO8P2. The molecule has 31 heavy (non-hydrogen) atoms. The van der Waals surface area contributed by atoms with Crippen LogP contribution in [0.2, 0.25) is 0 Å². The van der Waals surface area contributed by atoms with Crippen LogP contribution in [0.3, 0.4) is 0 Å². The molecule has 0 bridgehead atoms. The maximum atomic E-state index is 13.4. The van der Waals surface area contributed by atoms with Crippen molar-refractivity contribution in [3.8, 4) is 5.75 Å². The molecule has 168 valence electrons. The topological polar surface area (TPSA) is 132 Å². The number of hydrogen-bond donors (Lipinski definition) is 2. The molecule has 0 aliphatic carbocycles. The van der Waals surface area contributed by atoms with Gasteiger partial charge in [-0.2, -0.15) is 0 Å². The third-order valence-corrected chi connectivity index (χ3v) is 10.2. The molecule has 1 saturated heterocycles. The highest BCUT2D eigenvalue weighted by molar-refractivity contribution is 7.75. The highest BCUT2D eigenvalue weighted by atomic mass is 31.2. The molecule has 1 aliphatic heterocycles. The van der Waals surface area contributed by atoms with E-state index in [0.29, 0.717) is 5.56 Å². The molecule has 2 heterocycles. The number of pyridine rings is 1. The van der Waals surface area contributed by atoms with Gasteiger partial charge >= 0.3 is 13.6 Å². The first-order valence-corrected chi connectivity index (χ1v) is 13.3. The smallest absolute Gasteiger partial charge is 0.372 e. The Balaban J connectivity index is 1.92. The summed E-state index contributed by atoms with van der Waals surface area (Å²) in [6.45, 7) is 4.80. The van der Waals surface area contributed by atoms with E-state index in [4.69, 9.17) is 13.8 Å². The van der Waals surface area contributed by atoms with Gasteiger partial charge in [0.15, 0.2) is 0 Å². The predicted octanol–water partition coefficient (Wildman–Crippen LogP) is 4.06. The van der Waals surface area contributed by atoms with Crippen molar-refractivity contribution in [1.29, 1.82) is 0 Å². The first kappa shape index (κ1) is 23.8. The van der Waals surface area contributed by atoms with E-state index in [1.807, 2.05) is 13.8 Å². The van der Waals surface area contributed by atoms with Crippen LogP contribution in [0.1, 0.15) is 37.7 Å². The largest absolute Gasteiger partial charge is 0.426 e. The van der Waals surface area contributed by atoms with Gasteiger partial charge in [0.1, 0.15) is 5.75 Å². The van der Waals surface area contributed by atoms with Gasteiger partial charge in [-0.1, -0.05) is 38.1 Å². The van der Waals surface area contributed by atoms with E-state index < -0.39 is 38.7 Å². The van der Waals surface area contributed by atoms with Crippen LogP contribution in [0.15, 0.2) is 48.8 Å². The SMILES string of the molecule is CC(C)CC(=O)Oc1ccccc1C1OP(C)(=O)C(O)(Cc2cccnc2)P(=O)(O)O1. The fraction of sp³-hybridized carbons (Fsp3) is 0.400. The Hall–Kier alpha value is -1.86. The fourth-order valence-corrected chi connectivity index (χ4v) is 7.44. The number of para-hydroxylation sites is 1. The zero-order chi connectivity index (χ0) is 22.9. The number of nitrogens with zero attached hydrogens (tertiary/aromatic N) is 1. The van der Waals surface area contributed by atoms with Crippen molar-refractivity contribution in [3.05, 3.63) is 59.9 Å². The average Bonchev–Trinajstić information content (AvgIpc) is 2.66. The third kappa shape index (κ3) is 4.98. The first-order chi connectivity index (χ1) is 14.5. The lowest BCUT2D eigenvalue weighted by molar-refractivity contribution is -0.135. The second-order valence-corrected chi connectivity index (χ2v) is 12.8. The van der Waals surface area contributed by atoms with Crippen molar-refractivity contribution in [2.75, 3.05) is 6.66 Å². The predicted molar refractivity (Wildman–Crippen MR) is 113 cm³/mol. The number of rotatable bonds is 6. The number of ether oxygens (including phenoxy) is 1. The van der Waals surface area contributed by atoms with E-state index in [1.165, 1.54) is 24.5 Å². The molecule has 3 rings (SSSR count). The number of carbonyl (C=O) groups excluding carboxylic acids is 1. The normalized spacial score (nSPS) is 30.8. The van der Waals surface area contributed by atoms with Crippen LogP contribution in [0.4, 0.5) is 0 Å². The lowest BCUT2D eigenvalue weighted by Gasteiger charge is -2.43. The Kier molecular flexibility index (Phi) is 6.87. The third-order valence-electron chi connectivity index (χ3n) is 4.77. The highest BCUT2D eigenvalue weighted by Crippen LogP contribution is 2.79. The Labute approximate surface area is 180 Å². The van der Waals surface area contributed by atoms with Crippen LogP contribution in [0.5, 0.6) is 5.75 Å². The van der Waals surface area contributed by atoms with Crippen molar-refractivity contribution in [1.82, 2.24) is 4.98 Å². The standard InChI is InChI=1S/C20H25NO8P2/c1-14(2)11-18(22)27-17-9-5-4-8-16(17)19-28-30(3,24)20(23,31(25,26)29-19)12-15-7-6-10-21-13-15/h4-10,13-14,19,23H,11-12H2,1-3H3,(H,25,26). The summed E-state index contributed by atoms with van der Waals surface area (Å²) >= 11 is 0. The van der Waals surface area contributed by atoms with Crippen LogP contribution in [0.25, 0.3) is 0 Å². The minimum Gasteiger partial charge on any atom is -0.426 e. The number of aromatic nitrogens is 1. The molecule has 1 aromatic carbocycles. The quantitative estimate of drug-likeness (QED) is 0.365. The minimum atomic E-state index is -4.89. The molecule has 9 nitrogen and oxygen atoms in total. The van der Waals surface area contributed by atoms with Crippen molar-refractivity contribution in [3.63, 3.8) is 0 Å². The maximum absolute atomic E-state index is 13.4. The number of benzene rings is 1. The van der Waals surface area contributed by atoms with Gasteiger partial charge in [0, 0.05) is 31.9 Å².